The zero-order valence-corrected chi connectivity index (χ0v) is 12.7. The van der Waals surface area contributed by atoms with Crippen LogP contribution in [0.3, 0.4) is 0 Å². The Hall–Kier alpha value is -2.41. The minimum Gasteiger partial charge on any atom is -0.387 e. The molecule has 108 valence electrons. The summed E-state index contributed by atoms with van der Waals surface area (Å²) in [4.78, 5) is 22.8. The van der Waals surface area contributed by atoms with Crippen LogP contribution >= 0.6 is 15.9 Å². The summed E-state index contributed by atoms with van der Waals surface area (Å²) in [6, 6.07) is 11.4. The number of para-hydroxylation sites is 1. The normalized spacial score (nSPS) is 10.0. The van der Waals surface area contributed by atoms with Crippen molar-refractivity contribution < 1.29 is 9.72 Å². The molecule has 0 unspecified atom stereocenters. The largest absolute Gasteiger partial charge is 0.387 e. The topological polar surface area (TPSA) is 84.3 Å². The second kappa shape index (κ2) is 6.36. The molecule has 0 aromatic heterocycles. The van der Waals surface area contributed by atoms with Gasteiger partial charge in [-0.15, -0.1) is 0 Å². The predicted octanol–water partition coefficient (Wildman–Crippen LogP) is 3.65. The molecule has 6 nitrogen and oxygen atoms in total. The Labute approximate surface area is 129 Å². The van der Waals surface area contributed by atoms with Crippen molar-refractivity contribution in [1.82, 2.24) is 0 Å². The molecule has 0 aliphatic heterocycles. The lowest BCUT2D eigenvalue weighted by atomic mass is 10.1. The zero-order chi connectivity index (χ0) is 15.4. The monoisotopic (exact) mass is 349 g/mol. The third-order valence-corrected chi connectivity index (χ3v) is 3.34. The smallest absolute Gasteiger partial charge is 0.293 e. The van der Waals surface area contributed by atoms with Crippen LogP contribution in [0.25, 0.3) is 0 Å². The number of nitrogens with one attached hydrogen (secondary N) is 2. The van der Waals surface area contributed by atoms with Gasteiger partial charge in [-0.3, -0.25) is 14.9 Å². The van der Waals surface area contributed by atoms with Crippen molar-refractivity contribution in [2.45, 2.75) is 0 Å². The summed E-state index contributed by atoms with van der Waals surface area (Å²) in [5.41, 5.74) is 1.05. The number of nitro benzene ring substituents is 1. The predicted molar refractivity (Wildman–Crippen MR) is 84.7 cm³/mol. The summed E-state index contributed by atoms with van der Waals surface area (Å²) in [7, 11) is 1.70. The molecule has 0 aliphatic rings. The van der Waals surface area contributed by atoms with E-state index in [0.29, 0.717) is 15.7 Å². The van der Waals surface area contributed by atoms with Gasteiger partial charge in [0.05, 0.1) is 10.5 Å². The van der Waals surface area contributed by atoms with Gasteiger partial charge in [0.25, 0.3) is 11.6 Å². The van der Waals surface area contributed by atoms with E-state index in [4.69, 9.17) is 0 Å². The van der Waals surface area contributed by atoms with Gasteiger partial charge in [0.1, 0.15) is 5.69 Å². The number of hydrogen-bond acceptors (Lipinski definition) is 4. The number of benzene rings is 2. The first-order valence-electron chi connectivity index (χ1n) is 6.05. The SMILES string of the molecule is CNc1ccccc1C(=O)Nc1ccc(Br)cc1[N+](=O)[O-]. The molecule has 21 heavy (non-hydrogen) atoms. The lowest BCUT2D eigenvalue weighted by Crippen LogP contribution is -2.14. The highest BCUT2D eigenvalue weighted by molar-refractivity contribution is 9.10. The Bertz CT molecular complexity index is 704. The van der Waals surface area contributed by atoms with Crippen molar-refractivity contribution in [2.75, 3.05) is 17.7 Å². The third kappa shape index (κ3) is 3.38. The van der Waals surface area contributed by atoms with E-state index in [1.54, 1.807) is 37.4 Å². The fourth-order valence-corrected chi connectivity index (χ4v) is 2.20. The zero-order valence-electron chi connectivity index (χ0n) is 11.1. The van der Waals surface area contributed by atoms with Crippen molar-refractivity contribution in [2.24, 2.45) is 0 Å². The van der Waals surface area contributed by atoms with Gasteiger partial charge < -0.3 is 10.6 Å². The van der Waals surface area contributed by atoms with Crippen molar-refractivity contribution in [3.05, 3.63) is 62.6 Å². The number of anilines is 2. The number of nitrogens with zero attached hydrogens (tertiary/aromatic N) is 1. The Balaban J connectivity index is 2.34. The lowest BCUT2D eigenvalue weighted by Gasteiger charge is -2.10. The highest BCUT2D eigenvalue weighted by Crippen LogP contribution is 2.28. The number of carbonyl (C=O) groups is 1. The van der Waals surface area contributed by atoms with Gasteiger partial charge in [0, 0.05) is 23.3 Å². The molecule has 2 aromatic rings. The molecule has 0 heterocycles. The Morgan fingerprint density at radius 1 is 1.19 bits per heavy atom. The van der Waals surface area contributed by atoms with Crippen LogP contribution in [0, 0.1) is 10.1 Å². The van der Waals surface area contributed by atoms with Gasteiger partial charge in [-0.05, 0) is 24.3 Å². The van der Waals surface area contributed by atoms with E-state index in [0.717, 1.165) is 0 Å². The Morgan fingerprint density at radius 3 is 2.57 bits per heavy atom. The number of nitro groups is 1. The molecule has 0 radical (unpaired) electrons. The lowest BCUT2D eigenvalue weighted by molar-refractivity contribution is -0.384. The van der Waals surface area contributed by atoms with E-state index in [1.165, 1.54) is 12.1 Å². The number of halogens is 1. The average Bonchev–Trinajstić information content (AvgIpc) is 2.48. The van der Waals surface area contributed by atoms with E-state index in [9.17, 15) is 14.9 Å². The van der Waals surface area contributed by atoms with E-state index in [-0.39, 0.29) is 11.4 Å². The summed E-state index contributed by atoms with van der Waals surface area (Å²) in [5.74, 6) is -0.412. The summed E-state index contributed by atoms with van der Waals surface area (Å²) < 4.78 is 0.572. The number of amides is 1. The van der Waals surface area contributed by atoms with Crippen LogP contribution < -0.4 is 10.6 Å². The van der Waals surface area contributed by atoms with Crippen LogP contribution in [0.2, 0.25) is 0 Å². The second-order valence-electron chi connectivity index (χ2n) is 4.17. The minimum atomic E-state index is -0.537. The maximum atomic E-state index is 12.3. The number of carbonyl (C=O) groups excluding carboxylic acids is 1. The first-order valence-corrected chi connectivity index (χ1v) is 6.84. The maximum absolute atomic E-state index is 12.3. The molecule has 2 aromatic carbocycles. The molecular weight excluding hydrogens is 338 g/mol. The van der Waals surface area contributed by atoms with Gasteiger partial charge in [0.2, 0.25) is 0 Å². The number of rotatable bonds is 4. The molecule has 0 fully saturated rings. The van der Waals surface area contributed by atoms with Crippen molar-refractivity contribution in [3.8, 4) is 0 Å². The molecule has 2 N–H and O–H groups in total. The molecule has 0 saturated carbocycles. The molecule has 0 bridgehead atoms. The molecule has 0 atom stereocenters. The minimum absolute atomic E-state index is 0.152. The third-order valence-electron chi connectivity index (χ3n) is 2.85. The van der Waals surface area contributed by atoms with Crippen LogP contribution in [-0.2, 0) is 0 Å². The van der Waals surface area contributed by atoms with Gasteiger partial charge in [-0.1, -0.05) is 28.1 Å². The highest BCUT2D eigenvalue weighted by Gasteiger charge is 2.18. The van der Waals surface area contributed by atoms with E-state index in [1.807, 2.05) is 0 Å². The first-order chi connectivity index (χ1) is 10.0. The fourth-order valence-electron chi connectivity index (χ4n) is 1.85. The van der Waals surface area contributed by atoms with Gasteiger partial charge in [-0.25, -0.2) is 0 Å². The van der Waals surface area contributed by atoms with Crippen LogP contribution in [0.15, 0.2) is 46.9 Å². The van der Waals surface area contributed by atoms with Crippen LogP contribution in [0.1, 0.15) is 10.4 Å². The second-order valence-corrected chi connectivity index (χ2v) is 5.08. The summed E-state index contributed by atoms with van der Waals surface area (Å²) in [6.45, 7) is 0. The van der Waals surface area contributed by atoms with E-state index >= 15 is 0 Å². The van der Waals surface area contributed by atoms with Crippen molar-refractivity contribution in [3.63, 3.8) is 0 Å². The average molecular weight is 350 g/mol. The molecular formula is C14H12BrN3O3. The molecule has 2 rings (SSSR count). The van der Waals surface area contributed by atoms with Gasteiger partial charge >= 0.3 is 0 Å². The molecule has 0 aliphatic carbocycles. The number of hydrogen-bond donors (Lipinski definition) is 2. The summed E-state index contributed by atoms with van der Waals surface area (Å²) in [5, 5.41) is 16.5. The molecule has 0 saturated heterocycles. The molecule has 1 amide bonds. The van der Waals surface area contributed by atoms with Crippen LogP contribution in [0.5, 0.6) is 0 Å². The first kappa shape index (κ1) is 15.0. The van der Waals surface area contributed by atoms with Crippen molar-refractivity contribution in [1.29, 1.82) is 0 Å². The maximum Gasteiger partial charge on any atom is 0.293 e. The highest BCUT2D eigenvalue weighted by atomic mass is 79.9. The van der Waals surface area contributed by atoms with Gasteiger partial charge in [-0.2, -0.15) is 0 Å². The Kier molecular flexibility index (Phi) is 4.54. The fraction of sp³-hybridized carbons (Fsp3) is 0.0714. The summed E-state index contributed by atoms with van der Waals surface area (Å²) >= 11 is 3.17. The van der Waals surface area contributed by atoms with Gasteiger partial charge in [0.15, 0.2) is 0 Å². The van der Waals surface area contributed by atoms with Crippen LogP contribution in [-0.4, -0.2) is 17.9 Å². The molecule has 0 spiro atoms. The Morgan fingerprint density at radius 2 is 1.90 bits per heavy atom. The van der Waals surface area contributed by atoms with Crippen molar-refractivity contribution >= 4 is 38.9 Å². The quantitative estimate of drug-likeness (QED) is 0.651. The van der Waals surface area contributed by atoms with Crippen LogP contribution in [0.4, 0.5) is 17.1 Å². The molecule has 7 heteroatoms. The van der Waals surface area contributed by atoms with E-state index < -0.39 is 10.8 Å². The van der Waals surface area contributed by atoms with E-state index in [2.05, 4.69) is 26.6 Å². The summed E-state index contributed by atoms with van der Waals surface area (Å²) in [6.07, 6.45) is 0. The standard InChI is InChI=1S/C14H12BrN3O3/c1-16-11-5-3-2-4-10(11)14(19)17-12-7-6-9(15)8-13(12)18(20)21/h2-8,16H,1H3,(H,17,19).